The third-order valence-electron chi connectivity index (χ3n) is 4.78. The Morgan fingerprint density at radius 1 is 1.14 bits per heavy atom. The van der Waals surface area contributed by atoms with E-state index in [-0.39, 0.29) is 22.0 Å². The maximum atomic E-state index is 12.8. The average molecular weight is 437 g/mol. The number of benzene rings is 2. The minimum atomic E-state index is -3.63. The number of amides is 1. The fourth-order valence-electron chi connectivity index (χ4n) is 3.23. The van der Waals surface area contributed by atoms with Gasteiger partial charge in [-0.25, -0.2) is 8.42 Å². The summed E-state index contributed by atoms with van der Waals surface area (Å²) in [5.41, 5.74) is 1.23. The van der Waals surface area contributed by atoms with Gasteiger partial charge in [0.2, 0.25) is 10.0 Å². The van der Waals surface area contributed by atoms with Crippen LogP contribution in [0, 0.1) is 6.92 Å². The highest BCUT2D eigenvalue weighted by Crippen LogP contribution is 2.25. The van der Waals surface area contributed by atoms with Gasteiger partial charge in [-0.15, -0.1) is 0 Å². The fourth-order valence-corrected chi connectivity index (χ4v) is 4.97. The summed E-state index contributed by atoms with van der Waals surface area (Å²) in [5.74, 6) is 0.297. The fraction of sp³-hybridized carbons (Fsp3) is 0.381. The number of hydrogen-bond donors (Lipinski definition) is 1. The van der Waals surface area contributed by atoms with Crippen LogP contribution in [0.3, 0.4) is 0 Å². The van der Waals surface area contributed by atoms with Gasteiger partial charge in [-0.05, 0) is 55.7 Å². The zero-order chi connectivity index (χ0) is 20.9. The van der Waals surface area contributed by atoms with Gasteiger partial charge in [-0.1, -0.05) is 30.2 Å². The highest BCUT2D eigenvalue weighted by atomic mass is 35.5. The molecule has 0 unspecified atom stereocenters. The molecule has 1 N–H and O–H groups in total. The Morgan fingerprint density at radius 3 is 2.62 bits per heavy atom. The van der Waals surface area contributed by atoms with Crippen molar-refractivity contribution in [3.8, 4) is 5.75 Å². The molecule has 3 rings (SSSR count). The zero-order valence-corrected chi connectivity index (χ0v) is 17.9. The molecule has 0 aliphatic carbocycles. The number of hydrogen-bond acceptors (Lipinski definition) is 4. The summed E-state index contributed by atoms with van der Waals surface area (Å²) in [7, 11) is -3.63. The molecule has 0 aromatic heterocycles. The van der Waals surface area contributed by atoms with Crippen molar-refractivity contribution in [2.24, 2.45) is 0 Å². The van der Waals surface area contributed by atoms with E-state index in [1.165, 1.54) is 22.5 Å². The number of piperidine rings is 1. The van der Waals surface area contributed by atoms with Crippen LogP contribution in [0.4, 0.5) is 0 Å². The zero-order valence-electron chi connectivity index (χ0n) is 16.4. The van der Waals surface area contributed by atoms with Crippen LogP contribution in [-0.2, 0) is 10.0 Å². The number of rotatable bonds is 7. The van der Waals surface area contributed by atoms with E-state index in [0.29, 0.717) is 19.7 Å². The predicted molar refractivity (Wildman–Crippen MR) is 113 cm³/mol. The molecule has 8 heteroatoms. The second kappa shape index (κ2) is 9.61. The first-order valence-corrected chi connectivity index (χ1v) is 11.5. The third-order valence-corrected chi connectivity index (χ3v) is 7.01. The third kappa shape index (κ3) is 5.50. The van der Waals surface area contributed by atoms with Crippen molar-refractivity contribution in [1.29, 1.82) is 0 Å². The van der Waals surface area contributed by atoms with Gasteiger partial charge in [-0.2, -0.15) is 4.31 Å². The first-order valence-electron chi connectivity index (χ1n) is 9.65. The second-order valence-electron chi connectivity index (χ2n) is 7.03. The van der Waals surface area contributed by atoms with E-state index in [2.05, 4.69) is 5.32 Å². The number of ether oxygens (including phenoxy) is 1. The first kappa shape index (κ1) is 21.6. The van der Waals surface area contributed by atoms with Crippen LogP contribution < -0.4 is 10.1 Å². The Balaban J connectivity index is 1.63. The van der Waals surface area contributed by atoms with Gasteiger partial charge in [-0.3, -0.25) is 4.79 Å². The number of carbonyl (C=O) groups excluding carboxylic acids is 1. The lowest BCUT2D eigenvalue weighted by Gasteiger charge is -2.26. The van der Waals surface area contributed by atoms with Crippen molar-refractivity contribution >= 4 is 27.5 Å². The topological polar surface area (TPSA) is 75.7 Å². The van der Waals surface area contributed by atoms with Crippen LogP contribution in [0.15, 0.2) is 47.4 Å². The summed E-state index contributed by atoms with van der Waals surface area (Å²) in [5, 5.41) is 2.93. The maximum Gasteiger partial charge on any atom is 0.252 e. The van der Waals surface area contributed by atoms with Crippen molar-refractivity contribution in [3.05, 3.63) is 58.6 Å². The maximum absolute atomic E-state index is 12.8. The van der Waals surface area contributed by atoms with Crippen molar-refractivity contribution in [2.45, 2.75) is 31.1 Å². The van der Waals surface area contributed by atoms with E-state index < -0.39 is 15.9 Å². The lowest BCUT2D eigenvalue weighted by molar-refractivity contribution is 0.0947. The van der Waals surface area contributed by atoms with Crippen LogP contribution in [0.2, 0.25) is 5.02 Å². The minimum Gasteiger partial charge on any atom is -0.492 e. The van der Waals surface area contributed by atoms with Gasteiger partial charge in [0.1, 0.15) is 12.4 Å². The monoisotopic (exact) mass is 436 g/mol. The summed E-state index contributed by atoms with van der Waals surface area (Å²) in [4.78, 5) is 12.6. The normalized spacial score (nSPS) is 15.1. The van der Waals surface area contributed by atoms with Gasteiger partial charge in [0.15, 0.2) is 0 Å². The molecule has 1 aliphatic heterocycles. The number of nitrogens with zero attached hydrogens (tertiary/aromatic N) is 1. The van der Waals surface area contributed by atoms with E-state index in [0.717, 1.165) is 30.6 Å². The molecule has 29 heavy (non-hydrogen) atoms. The van der Waals surface area contributed by atoms with Gasteiger partial charge in [0.05, 0.1) is 22.0 Å². The number of carbonyl (C=O) groups is 1. The molecule has 0 saturated carbocycles. The summed E-state index contributed by atoms with van der Waals surface area (Å²) < 4.78 is 32.8. The Labute approximate surface area is 176 Å². The molecular weight excluding hydrogens is 412 g/mol. The van der Waals surface area contributed by atoms with Crippen molar-refractivity contribution < 1.29 is 17.9 Å². The van der Waals surface area contributed by atoms with Crippen molar-refractivity contribution in [1.82, 2.24) is 9.62 Å². The summed E-state index contributed by atoms with van der Waals surface area (Å²) >= 11 is 6.15. The number of aryl methyl sites for hydroxylation is 1. The van der Waals surface area contributed by atoms with Crippen LogP contribution in [0.25, 0.3) is 0 Å². The van der Waals surface area contributed by atoms with Crippen molar-refractivity contribution in [3.63, 3.8) is 0 Å². The highest BCUT2D eigenvalue weighted by molar-refractivity contribution is 7.89. The Bertz CT molecular complexity index is 972. The molecule has 1 amide bonds. The predicted octanol–water partition coefficient (Wildman–Crippen LogP) is 3.63. The molecule has 0 spiro atoms. The van der Waals surface area contributed by atoms with Crippen LogP contribution >= 0.6 is 11.6 Å². The number of sulfonamides is 1. The minimum absolute atomic E-state index is 0.0879. The van der Waals surface area contributed by atoms with Crippen LogP contribution in [0.5, 0.6) is 5.75 Å². The molecule has 2 aromatic rings. The SMILES string of the molecule is Cc1cccc(OCCNC(=O)c2cc(S(=O)(=O)N3CCCCC3)ccc2Cl)c1. The van der Waals surface area contributed by atoms with E-state index in [1.54, 1.807) is 0 Å². The van der Waals surface area contributed by atoms with Crippen molar-refractivity contribution in [2.75, 3.05) is 26.2 Å². The standard InChI is InChI=1S/C21H25ClN2O4S/c1-16-6-5-7-17(14-16)28-13-10-23-21(25)19-15-18(8-9-20(19)22)29(26,27)24-11-3-2-4-12-24/h5-9,14-15H,2-4,10-13H2,1H3,(H,23,25). The molecule has 1 fully saturated rings. The first-order chi connectivity index (χ1) is 13.9. The molecule has 0 atom stereocenters. The second-order valence-corrected chi connectivity index (χ2v) is 9.37. The van der Waals surface area contributed by atoms with Gasteiger partial charge < -0.3 is 10.1 Å². The molecule has 1 heterocycles. The van der Waals surface area contributed by atoms with E-state index in [9.17, 15) is 13.2 Å². The molecule has 1 aliphatic rings. The summed E-state index contributed by atoms with van der Waals surface area (Å²) in [6, 6.07) is 11.9. The lowest BCUT2D eigenvalue weighted by Crippen LogP contribution is -2.35. The Kier molecular flexibility index (Phi) is 7.16. The van der Waals surface area contributed by atoms with E-state index in [1.807, 2.05) is 31.2 Å². The molecule has 156 valence electrons. The average Bonchev–Trinajstić information content (AvgIpc) is 2.72. The quantitative estimate of drug-likeness (QED) is 0.672. The molecule has 0 radical (unpaired) electrons. The molecule has 1 saturated heterocycles. The van der Waals surface area contributed by atoms with Crippen LogP contribution in [-0.4, -0.2) is 44.9 Å². The van der Waals surface area contributed by atoms with E-state index in [4.69, 9.17) is 16.3 Å². The Hall–Kier alpha value is -2.09. The summed E-state index contributed by atoms with van der Waals surface area (Å²) in [6.07, 6.45) is 2.73. The van der Waals surface area contributed by atoms with Gasteiger partial charge >= 0.3 is 0 Å². The molecular formula is C21H25ClN2O4S. The molecule has 2 aromatic carbocycles. The molecule has 0 bridgehead atoms. The summed E-state index contributed by atoms with van der Waals surface area (Å²) in [6.45, 7) is 3.54. The molecule has 6 nitrogen and oxygen atoms in total. The lowest BCUT2D eigenvalue weighted by atomic mass is 10.2. The van der Waals surface area contributed by atoms with Gasteiger partial charge in [0.25, 0.3) is 5.91 Å². The smallest absolute Gasteiger partial charge is 0.252 e. The van der Waals surface area contributed by atoms with Gasteiger partial charge in [0, 0.05) is 13.1 Å². The number of nitrogens with one attached hydrogen (secondary N) is 1. The Morgan fingerprint density at radius 2 is 1.90 bits per heavy atom. The largest absolute Gasteiger partial charge is 0.492 e. The highest BCUT2D eigenvalue weighted by Gasteiger charge is 2.27. The number of halogens is 1. The van der Waals surface area contributed by atoms with E-state index >= 15 is 0 Å². The van der Waals surface area contributed by atoms with Crippen LogP contribution in [0.1, 0.15) is 35.2 Å².